The van der Waals surface area contributed by atoms with Crippen molar-refractivity contribution in [1.29, 1.82) is 0 Å². The molecule has 168 valence electrons. The van der Waals surface area contributed by atoms with Crippen LogP contribution in [0.3, 0.4) is 0 Å². The molecule has 1 heterocycles. The Bertz CT molecular complexity index is 1250. The predicted octanol–water partition coefficient (Wildman–Crippen LogP) is 5.58. The summed E-state index contributed by atoms with van der Waals surface area (Å²) in [6.45, 7) is 2.44. The quantitative estimate of drug-likeness (QED) is 0.198. The molecule has 0 aliphatic carbocycles. The van der Waals surface area contributed by atoms with Gasteiger partial charge in [0.25, 0.3) is 5.22 Å². The fraction of sp³-hybridized carbons (Fsp3) is 0.200. The highest BCUT2D eigenvalue weighted by Gasteiger charge is 2.14. The Kier molecular flexibility index (Phi) is 7.36. The molecular weight excluding hydrogens is 438 g/mol. The summed E-state index contributed by atoms with van der Waals surface area (Å²) < 4.78 is 11.0. The second kappa shape index (κ2) is 10.8. The molecule has 0 spiro atoms. The van der Waals surface area contributed by atoms with Crippen LogP contribution in [-0.4, -0.2) is 34.4 Å². The van der Waals surface area contributed by atoms with E-state index in [2.05, 4.69) is 15.5 Å². The summed E-state index contributed by atoms with van der Waals surface area (Å²) in [6, 6.07) is 20.5. The number of nitrogens with zero attached hydrogens (tertiary/aromatic N) is 2. The number of rotatable bonds is 9. The summed E-state index contributed by atoms with van der Waals surface area (Å²) in [7, 11) is 0. The molecule has 0 aliphatic heterocycles. The molecule has 7 nitrogen and oxygen atoms in total. The number of fused-ring (bicyclic) bond motifs is 1. The minimum Gasteiger partial charge on any atom is -0.462 e. The summed E-state index contributed by atoms with van der Waals surface area (Å²) in [4.78, 5) is 24.3. The highest BCUT2D eigenvalue weighted by Crippen LogP contribution is 2.29. The molecule has 1 N–H and O–H groups in total. The first-order valence-corrected chi connectivity index (χ1v) is 11.6. The summed E-state index contributed by atoms with van der Waals surface area (Å²) in [5.41, 5.74) is 1.89. The van der Waals surface area contributed by atoms with Crippen molar-refractivity contribution < 1.29 is 18.7 Å². The van der Waals surface area contributed by atoms with Crippen LogP contribution < -0.4 is 5.32 Å². The molecule has 1 amide bonds. The minimum atomic E-state index is -0.365. The Balaban J connectivity index is 1.32. The molecule has 4 rings (SSSR count). The molecule has 0 fully saturated rings. The molecule has 33 heavy (non-hydrogen) atoms. The SMILES string of the molecule is CCCCOC(=O)c1ccc(NC(=O)CSc2nnc(-c3cccc4ccccc34)o2)cc1. The highest BCUT2D eigenvalue weighted by molar-refractivity contribution is 7.99. The van der Waals surface area contributed by atoms with Gasteiger partial charge in [-0.2, -0.15) is 0 Å². The molecule has 0 unspecified atom stereocenters. The first kappa shape index (κ1) is 22.5. The molecule has 0 bridgehead atoms. The normalized spacial score (nSPS) is 10.8. The lowest BCUT2D eigenvalue weighted by Crippen LogP contribution is -2.14. The molecule has 0 aliphatic rings. The highest BCUT2D eigenvalue weighted by atomic mass is 32.2. The Hall–Kier alpha value is -3.65. The third-order valence-corrected chi connectivity index (χ3v) is 5.71. The van der Waals surface area contributed by atoms with Gasteiger partial charge in [0.05, 0.1) is 17.9 Å². The molecule has 8 heteroatoms. The molecule has 0 saturated heterocycles. The number of benzene rings is 3. The number of amides is 1. The Morgan fingerprint density at radius 2 is 1.79 bits per heavy atom. The summed E-state index contributed by atoms with van der Waals surface area (Å²) >= 11 is 1.16. The average Bonchev–Trinajstić information content (AvgIpc) is 3.32. The third-order valence-electron chi connectivity index (χ3n) is 4.89. The maximum Gasteiger partial charge on any atom is 0.338 e. The van der Waals surface area contributed by atoms with Crippen molar-refractivity contribution in [2.24, 2.45) is 0 Å². The first-order chi connectivity index (χ1) is 16.1. The van der Waals surface area contributed by atoms with Gasteiger partial charge in [0, 0.05) is 11.3 Å². The van der Waals surface area contributed by atoms with Gasteiger partial charge in [-0.15, -0.1) is 10.2 Å². The summed E-state index contributed by atoms with van der Waals surface area (Å²) in [6.07, 6.45) is 1.80. The van der Waals surface area contributed by atoms with Crippen LogP contribution in [0.2, 0.25) is 0 Å². The van der Waals surface area contributed by atoms with E-state index < -0.39 is 0 Å². The number of esters is 1. The van der Waals surface area contributed by atoms with Gasteiger partial charge in [0.2, 0.25) is 11.8 Å². The van der Waals surface area contributed by atoms with Crippen molar-refractivity contribution in [3.8, 4) is 11.5 Å². The molecule has 1 aromatic heterocycles. The van der Waals surface area contributed by atoms with Crippen LogP contribution >= 0.6 is 11.8 Å². The van der Waals surface area contributed by atoms with Crippen LogP contribution in [0.15, 0.2) is 76.4 Å². The number of thioether (sulfide) groups is 1. The number of nitrogens with one attached hydrogen (secondary N) is 1. The molecule has 0 saturated carbocycles. The third kappa shape index (κ3) is 5.78. The van der Waals surface area contributed by atoms with E-state index in [1.165, 1.54) is 0 Å². The van der Waals surface area contributed by atoms with Gasteiger partial charge in [-0.3, -0.25) is 4.79 Å². The number of aromatic nitrogens is 2. The summed E-state index contributed by atoms with van der Waals surface area (Å²) in [5, 5.41) is 13.4. The zero-order valence-electron chi connectivity index (χ0n) is 18.1. The van der Waals surface area contributed by atoms with Gasteiger partial charge in [0.15, 0.2) is 0 Å². The minimum absolute atomic E-state index is 0.109. The molecule has 0 radical (unpaired) electrons. The standard InChI is InChI=1S/C25H23N3O4S/c1-2-3-15-31-24(30)18-11-13-19(14-12-18)26-22(29)16-33-25-28-27-23(32-25)21-10-6-8-17-7-4-5-9-20(17)21/h4-14H,2-3,15-16H2,1H3,(H,26,29). The monoisotopic (exact) mass is 461 g/mol. The Morgan fingerprint density at radius 1 is 1.00 bits per heavy atom. The van der Waals surface area contributed by atoms with Gasteiger partial charge >= 0.3 is 5.97 Å². The van der Waals surface area contributed by atoms with Gasteiger partial charge in [-0.1, -0.05) is 61.5 Å². The van der Waals surface area contributed by atoms with Gasteiger partial charge < -0.3 is 14.5 Å². The second-order valence-electron chi connectivity index (χ2n) is 7.30. The number of ether oxygens (including phenoxy) is 1. The topological polar surface area (TPSA) is 94.3 Å². The molecule has 0 atom stereocenters. The summed E-state index contributed by atoms with van der Waals surface area (Å²) in [5.74, 6) is -0.0626. The van der Waals surface area contributed by atoms with Crippen LogP contribution in [-0.2, 0) is 9.53 Å². The van der Waals surface area contributed by atoms with Gasteiger partial charge in [-0.25, -0.2) is 4.79 Å². The van der Waals surface area contributed by atoms with Crippen LogP contribution in [0, 0.1) is 0 Å². The van der Waals surface area contributed by atoms with E-state index in [9.17, 15) is 9.59 Å². The molecule has 3 aromatic carbocycles. The van der Waals surface area contributed by atoms with E-state index in [0.717, 1.165) is 40.9 Å². The second-order valence-corrected chi connectivity index (χ2v) is 8.23. The Morgan fingerprint density at radius 3 is 2.61 bits per heavy atom. The van der Waals surface area contributed by atoms with E-state index in [1.807, 2.05) is 49.4 Å². The van der Waals surface area contributed by atoms with Crippen molar-refractivity contribution in [2.75, 3.05) is 17.7 Å². The van der Waals surface area contributed by atoms with Crippen molar-refractivity contribution in [1.82, 2.24) is 10.2 Å². The van der Waals surface area contributed by atoms with Crippen LogP contribution in [0.4, 0.5) is 5.69 Å². The largest absolute Gasteiger partial charge is 0.462 e. The number of unbranched alkanes of at least 4 members (excludes halogenated alkanes) is 1. The number of carbonyl (C=O) groups is 2. The number of anilines is 1. The number of carbonyl (C=O) groups excluding carboxylic acids is 2. The van der Waals surface area contributed by atoms with E-state index in [1.54, 1.807) is 24.3 Å². The zero-order valence-corrected chi connectivity index (χ0v) is 18.9. The van der Waals surface area contributed by atoms with Crippen LogP contribution in [0.25, 0.3) is 22.2 Å². The van der Waals surface area contributed by atoms with E-state index in [4.69, 9.17) is 9.15 Å². The number of hydrogen-bond donors (Lipinski definition) is 1. The van der Waals surface area contributed by atoms with E-state index >= 15 is 0 Å². The lowest BCUT2D eigenvalue weighted by Gasteiger charge is -2.06. The maximum atomic E-state index is 12.3. The van der Waals surface area contributed by atoms with Crippen molar-refractivity contribution in [2.45, 2.75) is 25.0 Å². The first-order valence-electron chi connectivity index (χ1n) is 10.7. The van der Waals surface area contributed by atoms with Crippen molar-refractivity contribution in [3.05, 3.63) is 72.3 Å². The van der Waals surface area contributed by atoms with Crippen molar-refractivity contribution in [3.63, 3.8) is 0 Å². The van der Waals surface area contributed by atoms with Crippen LogP contribution in [0.1, 0.15) is 30.1 Å². The lowest BCUT2D eigenvalue weighted by atomic mass is 10.0. The lowest BCUT2D eigenvalue weighted by molar-refractivity contribution is -0.113. The fourth-order valence-corrected chi connectivity index (χ4v) is 3.76. The predicted molar refractivity (Wildman–Crippen MR) is 128 cm³/mol. The molecule has 4 aromatic rings. The maximum absolute atomic E-state index is 12.3. The fourth-order valence-electron chi connectivity index (χ4n) is 3.20. The zero-order chi connectivity index (χ0) is 23.0. The smallest absolute Gasteiger partial charge is 0.338 e. The van der Waals surface area contributed by atoms with Gasteiger partial charge in [0.1, 0.15) is 0 Å². The molecular formula is C25H23N3O4S. The number of hydrogen-bond acceptors (Lipinski definition) is 7. The average molecular weight is 462 g/mol. The van der Waals surface area contributed by atoms with Gasteiger partial charge in [-0.05, 0) is 47.5 Å². The van der Waals surface area contributed by atoms with E-state index in [-0.39, 0.29) is 17.6 Å². The van der Waals surface area contributed by atoms with Crippen LogP contribution in [0.5, 0.6) is 0 Å². The Labute approximate surface area is 195 Å². The van der Waals surface area contributed by atoms with E-state index in [0.29, 0.717) is 29.0 Å². The van der Waals surface area contributed by atoms with Crippen molar-refractivity contribution >= 4 is 40.1 Å².